The molecule has 4 fully saturated rings. The molecule has 0 unspecified atom stereocenters. The van der Waals surface area contributed by atoms with Crippen molar-refractivity contribution in [2.45, 2.75) is 140 Å². The van der Waals surface area contributed by atoms with Gasteiger partial charge in [-0.2, -0.15) is 0 Å². The van der Waals surface area contributed by atoms with Gasteiger partial charge in [-0.1, -0.05) is 65.7 Å². The van der Waals surface area contributed by atoms with Gasteiger partial charge in [0.1, 0.15) is 0 Å². The van der Waals surface area contributed by atoms with E-state index < -0.39 is 0 Å². The molecule has 46 heavy (non-hydrogen) atoms. The summed E-state index contributed by atoms with van der Waals surface area (Å²) < 4.78 is 6.96. The quantitative estimate of drug-likeness (QED) is 0.306. The van der Waals surface area contributed by atoms with Crippen LogP contribution in [0.3, 0.4) is 0 Å². The number of hydrogen-bond donors (Lipinski definition) is 0. The fraction of sp³-hybridized carbons (Fsp3) is 0.641. The van der Waals surface area contributed by atoms with Crippen molar-refractivity contribution in [1.82, 2.24) is 0 Å². The summed E-state index contributed by atoms with van der Waals surface area (Å²) in [6.45, 7) is 9.18. The first-order valence-electron chi connectivity index (χ1n) is 18.0. The second-order valence-electron chi connectivity index (χ2n) is 13.5. The normalized spacial score (nSPS) is 19.9. The van der Waals surface area contributed by atoms with Crippen molar-refractivity contribution in [2.75, 3.05) is 29.5 Å². The average Bonchev–Trinajstić information content (AvgIpc) is 3.08. The Labute approximate surface area is 302 Å². The van der Waals surface area contributed by atoms with Gasteiger partial charge >= 0.3 is 158 Å². The number of hydrogen-bond acceptors (Lipinski definition) is 3. The molecule has 7 heteroatoms. The first-order valence-corrected chi connectivity index (χ1v) is 21.4. The van der Waals surface area contributed by atoms with Gasteiger partial charge in [-0.3, -0.25) is 0 Å². The van der Waals surface area contributed by atoms with E-state index in [1.54, 1.807) is 77.0 Å². The van der Waals surface area contributed by atoms with Gasteiger partial charge in [0.15, 0.2) is 0 Å². The fourth-order valence-electron chi connectivity index (χ4n) is 7.89. The number of rotatable bonds is 7. The van der Waals surface area contributed by atoms with Crippen LogP contribution in [0, 0.1) is 13.8 Å². The molecule has 4 aliphatic rings. The molecule has 2 aromatic rings. The molecular weight excluding hydrogens is 715 g/mol. The molecule has 6 rings (SSSR count). The van der Waals surface area contributed by atoms with Crippen LogP contribution in [0.5, 0.6) is 0 Å². The summed E-state index contributed by atoms with van der Waals surface area (Å²) >= 11 is -0.124. The number of nitrogens with zero attached hydrogens (tertiary/aromatic N) is 2. The molecule has 0 radical (unpaired) electrons. The molecule has 0 N–H and O–H groups in total. The summed E-state index contributed by atoms with van der Waals surface area (Å²) in [7, 11) is 0.385. The second-order valence-corrected chi connectivity index (χ2v) is 18.3. The predicted molar refractivity (Wildman–Crippen MR) is 192 cm³/mol. The van der Waals surface area contributed by atoms with E-state index in [1.165, 1.54) is 63.1 Å². The monoisotopic (exact) mass is 774 g/mol. The Kier molecular flexibility index (Phi) is 18.6. The molecule has 0 amide bonds. The Morgan fingerprint density at radius 3 is 1.33 bits per heavy atom. The minimum atomic E-state index is -0.124. The van der Waals surface area contributed by atoms with E-state index >= 15 is 0 Å². The summed E-state index contributed by atoms with van der Waals surface area (Å²) in [4.78, 5) is 6.96. The molecule has 3 saturated carbocycles. The number of ether oxygens (including phenoxy) is 1. The summed E-state index contributed by atoms with van der Waals surface area (Å²) in [5.41, 5.74) is 8.71. The fourth-order valence-corrected chi connectivity index (χ4v) is 14.6. The number of halogens is 2. The first kappa shape index (κ1) is 39.8. The molecule has 258 valence electrons. The van der Waals surface area contributed by atoms with Gasteiger partial charge in [-0.05, 0) is 55.5 Å². The maximum Gasteiger partial charge on any atom is -1.00 e. The van der Waals surface area contributed by atoms with Crippen LogP contribution >= 0.6 is 7.92 Å². The van der Waals surface area contributed by atoms with Gasteiger partial charge in [0, 0.05) is 0 Å². The van der Waals surface area contributed by atoms with Crippen molar-refractivity contribution in [3.8, 4) is 0 Å². The van der Waals surface area contributed by atoms with Crippen LogP contribution in [-0.2, 0) is 21.0 Å². The smallest absolute Gasteiger partial charge is 1.00 e. The molecule has 3 aliphatic carbocycles. The second kappa shape index (κ2) is 21.5. The maximum absolute atomic E-state index is 5.58. The van der Waals surface area contributed by atoms with E-state index in [2.05, 4.69) is 72.2 Å². The summed E-state index contributed by atoms with van der Waals surface area (Å²) in [5, 5.41) is 0. The van der Waals surface area contributed by atoms with Gasteiger partial charge in [-0.15, -0.1) is 0 Å². The van der Waals surface area contributed by atoms with Crippen LogP contribution in [0.15, 0.2) is 48.5 Å². The summed E-state index contributed by atoms with van der Waals surface area (Å²) in [5.74, 6) is 0. The zero-order valence-corrected chi connectivity index (χ0v) is 32.9. The van der Waals surface area contributed by atoms with Crippen molar-refractivity contribution < 1.29 is 45.8 Å². The molecule has 1 aliphatic heterocycles. The van der Waals surface area contributed by atoms with Crippen LogP contribution in [0.2, 0.25) is 0 Å². The molecule has 1 heterocycles. The minimum Gasteiger partial charge on any atom is -1.00 e. The van der Waals surface area contributed by atoms with Crippen LogP contribution < -0.4 is 34.6 Å². The third-order valence-electron chi connectivity index (χ3n) is 10.2. The molecular formula is C39H59Cl2N2OPRu. The van der Waals surface area contributed by atoms with E-state index in [0.29, 0.717) is 7.92 Å². The minimum absolute atomic E-state index is 0. The van der Waals surface area contributed by atoms with Crippen LogP contribution in [0.1, 0.15) is 121 Å². The zero-order valence-electron chi connectivity index (χ0n) is 28.7. The predicted octanol–water partition coefficient (Wildman–Crippen LogP) is 4.46. The Bertz CT molecular complexity index is 1090. The van der Waals surface area contributed by atoms with Gasteiger partial charge in [0.05, 0.1) is 0 Å². The van der Waals surface area contributed by atoms with E-state index in [0.717, 1.165) is 26.1 Å². The molecule has 0 aromatic heterocycles. The molecule has 0 atom stereocenters. The topological polar surface area (TPSA) is 15.7 Å². The van der Waals surface area contributed by atoms with Crippen molar-refractivity contribution in [3.05, 3.63) is 59.7 Å². The molecule has 0 spiro atoms. The largest absolute Gasteiger partial charge is 1.00 e. The van der Waals surface area contributed by atoms with Crippen molar-refractivity contribution >= 4 is 28.4 Å². The van der Waals surface area contributed by atoms with E-state index in [1.807, 2.05) is 11.7 Å². The summed E-state index contributed by atoms with van der Waals surface area (Å²) in [6, 6.07) is 17.7. The zero-order chi connectivity index (χ0) is 30.6. The maximum atomic E-state index is 5.58. The Hall–Kier alpha value is -0.627. The molecule has 1 saturated heterocycles. The SMILES string of the molecule is C1CCC(P(C2CCCCC2)C2CCCCC2)CC1.CCO[CH]=[Ru+2]=[C]1N(c2ccc(C)cc2)CCCN1c1ccc(C)cc1.[Cl-].[Cl-]. The van der Waals surface area contributed by atoms with Gasteiger partial charge in [-0.25, -0.2) is 0 Å². The van der Waals surface area contributed by atoms with Gasteiger partial charge in [0.2, 0.25) is 0 Å². The Balaban J connectivity index is 0.000000248. The number of anilines is 2. The number of benzene rings is 2. The molecule has 2 aromatic carbocycles. The van der Waals surface area contributed by atoms with E-state index in [4.69, 9.17) is 4.74 Å². The average molecular weight is 775 g/mol. The van der Waals surface area contributed by atoms with E-state index in [9.17, 15) is 0 Å². The van der Waals surface area contributed by atoms with Crippen LogP contribution in [0.4, 0.5) is 11.4 Å². The van der Waals surface area contributed by atoms with Crippen molar-refractivity contribution in [1.29, 1.82) is 0 Å². The third-order valence-corrected chi connectivity index (χ3v) is 16.2. The molecule has 3 nitrogen and oxygen atoms in total. The Morgan fingerprint density at radius 1 is 0.609 bits per heavy atom. The Morgan fingerprint density at radius 2 is 0.978 bits per heavy atom. The van der Waals surface area contributed by atoms with E-state index in [-0.39, 0.29) is 41.0 Å². The van der Waals surface area contributed by atoms with Crippen molar-refractivity contribution in [3.63, 3.8) is 0 Å². The van der Waals surface area contributed by atoms with Crippen LogP contribution in [-0.4, -0.2) is 45.8 Å². The van der Waals surface area contributed by atoms with Crippen LogP contribution in [0.25, 0.3) is 0 Å². The van der Waals surface area contributed by atoms with Gasteiger partial charge in [0.25, 0.3) is 0 Å². The number of aryl methyl sites for hydroxylation is 2. The van der Waals surface area contributed by atoms with Crippen molar-refractivity contribution in [2.24, 2.45) is 0 Å². The summed E-state index contributed by atoms with van der Waals surface area (Å²) in [6.07, 6.45) is 24.8. The first-order chi connectivity index (χ1) is 21.6. The third kappa shape index (κ3) is 11.5. The molecule has 0 bridgehead atoms. The standard InChI is InChI=1S/C18H20N2.C18H33P.C3H6O.2ClH.Ru/c1-15-4-8-17(9-5-15)19-12-3-13-20(14-19)18-10-6-16(2)7-11-18;1-4-10-16(11-5-1)19(17-12-6-2-7-13-17)18-14-8-3-9-15-18;1-3-4-2;;;/h4-11H,3,12-13H2,1-2H3;16-18H,1-15H2;2H,3H2,1H3;2*1H;/q;;;;;+2/p-2. The van der Waals surface area contributed by atoms with Gasteiger partial charge < -0.3 is 24.8 Å².